The van der Waals surface area contributed by atoms with Gasteiger partial charge in [-0.1, -0.05) is 30.3 Å². The Balaban J connectivity index is 2.56. The van der Waals surface area contributed by atoms with E-state index in [2.05, 4.69) is 12.1 Å². The van der Waals surface area contributed by atoms with Crippen LogP contribution >= 0.6 is 0 Å². The van der Waals surface area contributed by atoms with Crippen LogP contribution in [0.3, 0.4) is 0 Å². The molecule has 0 radical (unpaired) electrons. The van der Waals surface area contributed by atoms with Crippen LogP contribution in [0.1, 0.15) is 33.3 Å². The maximum Gasteiger partial charge on any atom is 0.410 e. The highest BCUT2D eigenvalue weighted by atomic mass is 16.6. The molecule has 0 N–H and O–H groups in total. The molecular weight excluding hydrogens is 226 g/mol. The Morgan fingerprint density at radius 2 is 1.83 bits per heavy atom. The van der Waals surface area contributed by atoms with Crippen molar-refractivity contribution in [2.45, 2.75) is 45.8 Å². The van der Waals surface area contributed by atoms with E-state index in [0.717, 1.165) is 6.42 Å². The van der Waals surface area contributed by atoms with E-state index in [4.69, 9.17) is 4.74 Å². The molecule has 0 heterocycles. The molecule has 0 aliphatic rings. The minimum Gasteiger partial charge on any atom is -0.444 e. The molecule has 0 aliphatic heterocycles. The van der Waals surface area contributed by atoms with Crippen molar-refractivity contribution in [3.63, 3.8) is 0 Å². The molecule has 0 saturated heterocycles. The first-order chi connectivity index (χ1) is 8.29. The first-order valence-electron chi connectivity index (χ1n) is 6.29. The Bertz CT molecular complexity index is 381. The molecule has 0 aliphatic carbocycles. The smallest absolute Gasteiger partial charge is 0.410 e. The monoisotopic (exact) mass is 249 g/mol. The Morgan fingerprint density at radius 1 is 1.28 bits per heavy atom. The number of ether oxygens (including phenoxy) is 1. The van der Waals surface area contributed by atoms with Crippen LogP contribution in [0, 0.1) is 0 Å². The molecule has 0 fully saturated rings. The fourth-order valence-electron chi connectivity index (χ4n) is 1.61. The van der Waals surface area contributed by atoms with Crippen molar-refractivity contribution in [1.29, 1.82) is 0 Å². The van der Waals surface area contributed by atoms with E-state index < -0.39 is 5.60 Å². The standard InChI is InChI=1S/C15H23NO2/c1-12(11-13-9-7-6-8-10-13)16(5)14(17)18-15(2,3)4/h6-10,12H,11H2,1-5H3/t12-/m1/s1. The Labute approximate surface area is 110 Å². The van der Waals surface area contributed by atoms with Crippen LogP contribution in [0.5, 0.6) is 0 Å². The molecular formula is C15H23NO2. The molecule has 1 aromatic rings. The summed E-state index contributed by atoms with van der Waals surface area (Å²) in [7, 11) is 1.78. The molecule has 0 saturated carbocycles. The van der Waals surface area contributed by atoms with Gasteiger partial charge in [0.05, 0.1) is 0 Å². The van der Waals surface area contributed by atoms with Crippen LogP contribution in [0.15, 0.2) is 30.3 Å². The Hall–Kier alpha value is -1.51. The molecule has 1 atom stereocenters. The van der Waals surface area contributed by atoms with Crippen LogP contribution in [0.25, 0.3) is 0 Å². The molecule has 0 aromatic heterocycles. The number of benzene rings is 1. The van der Waals surface area contributed by atoms with Crippen molar-refractivity contribution in [3.05, 3.63) is 35.9 Å². The van der Waals surface area contributed by atoms with Crippen LogP contribution in [0.4, 0.5) is 4.79 Å². The van der Waals surface area contributed by atoms with Gasteiger partial charge in [-0.3, -0.25) is 0 Å². The minimum atomic E-state index is -0.447. The van der Waals surface area contributed by atoms with Crippen molar-refractivity contribution in [2.75, 3.05) is 7.05 Å². The van der Waals surface area contributed by atoms with Crippen LogP contribution in [0.2, 0.25) is 0 Å². The summed E-state index contributed by atoms with van der Waals surface area (Å²) in [6.45, 7) is 7.65. The van der Waals surface area contributed by atoms with Gasteiger partial charge in [0, 0.05) is 13.1 Å². The zero-order valence-corrected chi connectivity index (χ0v) is 11.9. The average Bonchev–Trinajstić information content (AvgIpc) is 2.27. The maximum absolute atomic E-state index is 11.9. The molecule has 0 bridgehead atoms. The van der Waals surface area contributed by atoms with E-state index in [1.54, 1.807) is 11.9 Å². The summed E-state index contributed by atoms with van der Waals surface area (Å²) < 4.78 is 5.35. The van der Waals surface area contributed by atoms with E-state index in [0.29, 0.717) is 0 Å². The molecule has 100 valence electrons. The van der Waals surface area contributed by atoms with Gasteiger partial charge in [0.2, 0.25) is 0 Å². The summed E-state index contributed by atoms with van der Waals surface area (Å²) in [5, 5.41) is 0. The fourth-order valence-corrected chi connectivity index (χ4v) is 1.61. The first kappa shape index (κ1) is 14.6. The number of hydrogen-bond donors (Lipinski definition) is 0. The van der Waals surface area contributed by atoms with E-state index in [-0.39, 0.29) is 12.1 Å². The third-order valence-electron chi connectivity index (χ3n) is 2.72. The quantitative estimate of drug-likeness (QED) is 0.820. The zero-order valence-electron chi connectivity index (χ0n) is 11.9. The van der Waals surface area contributed by atoms with Crippen molar-refractivity contribution in [3.8, 4) is 0 Å². The van der Waals surface area contributed by atoms with Gasteiger partial charge >= 0.3 is 6.09 Å². The maximum atomic E-state index is 11.9. The molecule has 0 spiro atoms. The summed E-state index contributed by atoms with van der Waals surface area (Å²) in [6.07, 6.45) is 0.558. The van der Waals surface area contributed by atoms with Gasteiger partial charge in [0.25, 0.3) is 0 Å². The average molecular weight is 249 g/mol. The lowest BCUT2D eigenvalue weighted by Gasteiger charge is -2.28. The van der Waals surface area contributed by atoms with Gasteiger partial charge in [-0.25, -0.2) is 4.79 Å². The molecule has 3 nitrogen and oxygen atoms in total. The molecule has 0 unspecified atom stereocenters. The van der Waals surface area contributed by atoms with Crippen molar-refractivity contribution in [2.24, 2.45) is 0 Å². The lowest BCUT2D eigenvalue weighted by atomic mass is 10.1. The second-order valence-corrected chi connectivity index (χ2v) is 5.63. The van der Waals surface area contributed by atoms with E-state index in [1.165, 1.54) is 5.56 Å². The highest BCUT2D eigenvalue weighted by Crippen LogP contribution is 2.13. The third kappa shape index (κ3) is 4.78. The van der Waals surface area contributed by atoms with E-state index in [1.807, 2.05) is 45.9 Å². The first-order valence-corrected chi connectivity index (χ1v) is 6.29. The topological polar surface area (TPSA) is 29.5 Å². The minimum absolute atomic E-state index is 0.113. The van der Waals surface area contributed by atoms with Gasteiger partial charge in [-0.15, -0.1) is 0 Å². The van der Waals surface area contributed by atoms with Crippen molar-refractivity contribution >= 4 is 6.09 Å². The lowest BCUT2D eigenvalue weighted by molar-refractivity contribution is 0.0236. The fraction of sp³-hybridized carbons (Fsp3) is 0.533. The number of carbonyl (C=O) groups excluding carboxylic acids is 1. The summed E-state index contributed by atoms with van der Waals surface area (Å²) >= 11 is 0. The number of likely N-dealkylation sites (N-methyl/N-ethyl adjacent to an activating group) is 1. The zero-order chi connectivity index (χ0) is 13.8. The van der Waals surface area contributed by atoms with Crippen molar-refractivity contribution in [1.82, 2.24) is 4.90 Å². The molecule has 1 aromatic carbocycles. The summed E-state index contributed by atoms with van der Waals surface area (Å²) in [5.41, 5.74) is 0.776. The number of rotatable bonds is 3. The van der Waals surface area contributed by atoms with E-state index >= 15 is 0 Å². The summed E-state index contributed by atoms with van der Waals surface area (Å²) in [5.74, 6) is 0. The van der Waals surface area contributed by atoms with Crippen LogP contribution in [-0.4, -0.2) is 29.7 Å². The number of nitrogens with zero attached hydrogens (tertiary/aromatic N) is 1. The second-order valence-electron chi connectivity index (χ2n) is 5.63. The number of amides is 1. The normalized spacial score (nSPS) is 12.9. The largest absolute Gasteiger partial charge is 0.444 e. The Morgan fingerprint density at radius 3 is 2.33 bits per heavy atom. The van der Waals surface area contributed by atoms with Gasteiger partial charge in [-0.05, 0) is 39.7 Å². The van der Waals surface area contributed by atoms with E-state index in [9.17, 15) is 4.79 Å². The molecule has 3 heteroatoms. The predicted octanol–water partition coefficient (Wildman–Crippen LogP) is 3.48. The summed E-state index contributed by atoms with van der Waals surface area (Å²) in [6, 6.07) is 10.3. The molecule has 1 amide bonds. The van der Waals surface area contributed by atoms with Crippen LogP contribution < -0.4 is 0 Å². The SMILES string of the molecule is C[C@H](Cc1ccccc1)N(C)C(=O)OC(C)(C)C. The van der Waals surface area contributed by atoms with Gasteiger partial charge < -0.3 is 9.64 Å². The predicted molar refractivity (Wildman–Crippen MR) is 73.6 cm³/mol. The van der Waals surface area contributed by atoms with Gasteiger partial charge in [-0.2, -0.15) is 0 Å². The number of carbonyl (C=O) groups is 1. The number of hydrogen-bond acceptors (Lipinski definition) is 2. The molecule has 18 heavy (non-hydrogen) atoms. The second kappa shape index (κ2) is 5.89. The third-order valence-corrected chi connectivity index (χ3v) is 2.72. The van der Waals surface area contributed by atoms with Gasteiger partial charge in [0.15, 0.2) is 0 Å². The Kier molecular flexibility index (Phi) is 4.76. The lowest BCUT2D eigenvalue weighted by Crippen LogP contribution is -2.40. The summed E-state index contributed by atoms with van der Waals surface area (Å²) in [4.78, 5) is 13.5. The highest BCUT2D eigenvalue weighted by molar-refractivity contribution is 5.68. The highest BCUT2D eigenvalue weighted by Gasteiger charge is 2.22. The van der Waals surface area contributed by atoms with Gasteiger partial charge in [0.1, 0.15) is 5.60 Å². The van der Waals surface area contributed by atoms with Crippen LogP contribution in [-0.2, 0) is 11.2 Å². The molecule has 1 rings (SSSR count). The van der Waals surface area contributed by atoms with Crippen molar-refractivity contribution < 1.29 is 9.53 Å².